The van der Waals surface area contributed by atoms with Gasteiger partial charge in [-0.15, -0.1) is 0 Å². The van der Waals surface area contributed by atoms with Crippen LogP contribution >= 0.6 is 11.6 Å². The Morgan fingerprint density at radius 3 is 2.84 bits per heavy atom. The Morgan fingerprint density at radius 1 is 1.47 bits per heavy atom. The molecule has 1 aromatic rings. The van der Waals surface area contributed by atoms with Crippen LogP contribution in [-0.4, -0.2) is 61.4 Å². The third-order valence-corrected chi connectivity index (χ3v) is 3.07. The molecule has 19 heavy (non-hydrogen) atoms. The van der Waals surface area contributed by atoms with E-state index in [4.69, 9.17) is 20.8 Å². The molecule has 2 heterocycles. The van der Waals surface area contributed by atoms with Crippen molar-refractivity contribution in [2.45, 2.75) is 6.10 Å². The molecular formula is C12H17ClN2O4. The van der Waals surface area contributed by atoms with Crippen molar-refractivity contribution >= 4 is 17.5 Å². The van der Waals surface area contributed by atoms with E-state index >= 15 is 0 Å². The lowest BCUT2D eigenvalue weighted by Gasteiger charge is -2.28. The second-order valence-electron chi connectivity index (χ2n) is 4.38. The van der Waals surface area contributed by atoms with Gasteiger partial charge < -0.3 is 19.6 Å². The Balaban J connectivity index is 1.70. The molecule has 0 bridgehead atoms. The van der Waals surface area contributed by atoms with Gasteiger partial charge in [0.2, 0.25) is 0 Å². The lowest BCUT2D eigenvalue weighted by atomic mass is 10.3. The molecule has 2 N–H and O–H groups in total. The summed E-state index contributed by atoms with van der Waals surface area (Å²) >= 11 is 5.58. The van der Waals surface area contributed by atoms with E-state index in [9.17, 15) is 9.90 Å². The van der Waals surface area contributed by atoms with Gasteiger partial charge in [0.05, 0.1) is 19.3 Å². The van der Waals surface area contributed by atoms with Crippen molar-refractivity contribution < 1.29 is 19.1 Å². The van der Waals surface area contributed by atoms with Gasteiger partial charge in [0, 0.05) is 26.2 Å². The summed E-state index contributed by atoms with van der Waals surface area (Å²) < 4.78 is 10.2. The number of aliphatic hydroxyl groups excluding tert-OH is 1. The number of ether oxygens (including phenoxy) is 1. The predicted octanol–water partition coefficient (Wildman–Crippen LogP) is 0.356. The normalized spacial score (nSPS) is 18.2. The SMILES string of the molecule is O=C(NCC(O)CN1CCOCC1)c1ccc(Cl)o1. The van der Waals surface area contributed by atoms with Crippen LogP contribution < -0.4 is 5.32 Å². The van der Waals surface area contributed by atoms with E-state index in [2.05, 4.69) is 10.2 Å². The smallest absolute Gasteiger partial charge is 0.287 e. The van der Waals surface area contributed by atoms with Crippen LogP contribution in [0.3, 0.4) is 0 Å². The van der Waals surface area contributed by atoms with Crippen molar-refractivity contribution in [2.24, 2.45) is 0 Å². The van der Waals surface area contributed by atoms with Gasteiger partial charge in [-0.3, -0.25) is 9.69 Å². The maximum atomic E-state index is 11.6. The van der Waals surface area contributed by atoms with E-state index in [0.29, 0.717) is 19.8 Å². The summed E-state index contributed by atoms with van der Waals surface area (Å²) in [5.41, 5.74) is 0. The van der Waals surface area contributed by atoms with E-state index in [1.807, 2.05) is 0 Å². The predicted molar refractivity (Wildman–Crippen MR) is 69.3 cm³/mol. The number of β-amino-alcohol motifs (C(OH)–C–C–N with tert-alkyl or cyclic N) is 1. The number of halogens is 1. The van der Waals surface area contributed by atoms with Crippen molar-refractivity contribution in [1.29, 1.82) is 0 Å². The van der Waals surface area contributed by atoms with Crippen LogP contribution in [0, 0.1) is 0 Å². The van der Waals surface area contributed by atoms with Crippen LogP contribution in [0.1, 0.15) is 10.6 Å². The lowest BCUT2D eigenvalue weighted by Crippen LogP contribution is -2.44. The number of amides is 1. The number of nitrogens with zero attached hydrogens (tertiary/aromatic N) is 1. The van der Waals surface area contributed by atoms with E-state index in [1.165, 1.54) is 12.1 Å². The monoisotopic (exact) mass is 288 g/mol. The average molecular weight is 289 g/mol. The second kappa shape index (κ2) is 6.91. The first kappa shape index (κ1) is 14.3. The molecule has 1 aliphatic heterocycles. The van der Waals surface area contributed by atoms with Gasteiger partial charge in [-0.2, -0.15) is 0 Å². The van der Waals surface area contributed by atoms with Crippen LogP contribution in [0.4, 0.5) is 0 Å². The summed E-state index contributed by atoms with van der Waals surface area (Å²) in [5.74, 6) is -0.239. The molecule has 1 aliphatic rings. The van der Waals surface area contributed by atoms with Gasteiger partial charge in [-0.05, 0) is 23.7 Å². The third-order valence-electron chi connectivity index (χ3n) is 2.87. The standard InChI is InChI=1S/C12H17ClN2O4/c13-11-2-1-10(19-11)12(17)14-7-9(16)8-15-3-5-18-6-4-15/h1-2,9,16H,3-8H2,(H,14,17). The third kappa shape index (κ3) is 4.50. The van der Waals surface area contributed by atoms with Crippen LogP contribution in [0.15, 0.2) is 16.5 Å². The Bertz CT molecular complexity index is 418. The van der Waals surface area contributed by atoms with E-state index < -0.39 is 6.10 Å². The van der Waals surface area contributed by atoms with Gasteiger partial charge >= 0.3 is 0 Å². The Labute approximate surface area is 116 Å². The highest BCUT2D eigenvalue weighted by Crippen LogP contribution is 2.12. The largest absolute Gasteiger partial charge is 0.440 e. The number of nitrogens with one attached hydrogen (secondary N) is 1. The lowest BCUT2D eigenvalue weighted by molar-refractivity contribution is 0.0148. The fourth-order valence-electron chi connectivity index (χ4n) is 1.88. The molecule has 1 amide bonds. The molecule has 1 saturated heterocycles. The molecule has 6 nitrogen and oxygen atoms in total. The molecule has 1 fully saturated rings. The molecule has 1 aromatic heterocycles. The maximum Gasteiger partial charge on any atom is 0.287 e. The number of carbonyl (C=O) groups is 1. The minimum absolute atomic E-state index is 0.142. The highest BCUT2D eigenvalue weighted by molar-refractivity contribution is 6.29. The summed E-state index contributed by atoms with van der Waals surface area (Å²) in [6.07, 6.45) is -0.618. The number of aliphatic hydroxyl groups is 1. The first-order valence-corrected chi connectivity index (χ1v) is 6.54. The summed E-state index contributed by atoms with van der Waals surface area (Å²) in [6, 6.07) is 2.99. The molecule has 0 saturated carbocycles. The number of furan rings is 1. The quantitative estimate of drug-likeness (QED) is 0.818. The fraction of sp³-hybridized carbons (Fsp3) is 0.583. The molecule has 1 unspecified atom stereocenters. The van der Waals surface area contributed by atoms with Gasteiger partial charge in [0.25, 0.3) is 5.91 Å². The Hall–Kier alpha value is -1.08. The summed E-state index contributed by atoms with van der Waals surface area (Å²) in [7, 11) is 0. The van der Waals surface area contributed by atoms with Crippen molar-refractivity contribution in [1.82, 2.24) is 10.2 Å². The number of hydrogen-bond donors (Lipinski definition) is 2. The molecule has 0 spiro atoms. The number of hydrogen-bond acceptors (Lipinski definition) is 5. The van der Waals surface area contributed by atoms with Crippen LogP contribution in [0.5, 0.6) is 0 Å². The number of morpholine rings is 1. The molecule has 7 heteroatoms. The van der Waals surface area contributed by atoms with Crippen molar-refractivity contribution in [3.63, 3.8) is 0 Å². The molecule has 0 radical (unpaired) electrons. The van der Waals surface area contributed by atoms with Crippen molar-refractivity contribution in [3.05, 3.63) is 23.1 Å². The molecule has 0 aliphatic carbocycles. The summed E-state index contributed by atoms with van der Waals surface area (Å²) in [6.45, 7) is 3.67. The van der Waals surface area contributed by atoms with Gasteiger partial charge in [0.1, 0.15) is 0 Å². The zero-order valence-electron chi connectivity index (χ0n) is 10.5. The zero-order valence-corrected chi connectivity index (χ0v) is 11.2. The second-order valence-corrected chi connectivity index (χ2v) is 4.75. The van der Waals surface area contributed by atoms with Crippen molar-refractivity contribution in [3.8, 4) is 0 Å². The minimum atomic E-state index is -0.618. The zero-order chi connectivity index (χ0) is 13.7. The fourth-order valence-corrected chi connectivity index (χ4v) is 2.03. The topological polar surface area (TPSA) is 74.9 Å². The van der Waals surface area contributed by atoms with E-state index in [-0.39, 0.29) is 23.4 Å². The maximum absolute atomic E-state index is 11.6. The first-order valence-electron chi connectivity index (χ1n) is 6.17. The Morgan fingerprint density at radius 2 is 2.21 bits per heavy atom. The molecule has 1 atom stereocenters. The van der Waals surface area contributed by atoms with Gasteiger partial charge in [-0.1, -0.05) is 0 Å². The van der Waals surface area contributed by atoms with E-state index in [0.717, 1.165) is 13.1 Å². The first-order chi connectivity index (χ1) is 9.15. The van der Waals surface area contributed by atoms with Crippen LogP contribution in [0.25, 0.3) is 0 Å². The Kier molecular flexibility index (Phi) is 5.21. The van der Waals surface area contributed by atoms with Crippen LogP contribution in [-0.2, 0) is 4.74 Å². The summed E-state index contributed by atoms with van der Waals surface area (Å²) in [5, 5.41) is 12.6. The van der Waals surface area contributed by atoms with Gasteiger partial charge in [0.15, 0.2) is 11.0 Å². The minimum Gasteiger partial charge on any atom is -0.440 e. The summed E-state index contributed by atoms with van der Waals surface area (Å²) in [4.78, 5) is 13.7. The van der Waals surface area contributed by atoms with E-state index in [1.54, 1.807) is 0 Å². The highest BCUT2D eigenvalue weighted by atomic mass is 35.5. The highest BCUT2D eigenvalue weighted by Gasteiger charge is 2.16. The average Bonchev–Trinajstić information content (AvgIpc) is 2.84. The molecular weight excluding hydrogens is 272 g/mol. The van der Waals surface area contributed by atoms with Gasteiger partial charge in [-0.25, -0.2) is 0 Å². The molecule has 106 valence electrons. The number of rotatable bonds is 5. The van der Waals surface area contributed by atoms with Crippen LogP contribution in [0.2, 0.25) is 5.22 Å². The molecule has 0 aromatic carbocycles. The molecule has 2 rings (SSSR count). The number of carbonyl (C=O) groups excluding carboxylic acids is 1. The van der Waals surface area contributed by atoms with Crippen molar-refractivity contribution in [2.75, 3.05) is 39.4 Å².